The minimum atomic E-state index is -0.875. The highest BCUT2D eigenvalue weighted by Gasteiger charge is 2.24. The van der Waals surface area contributed by atoms with E-state index in [0.717, 1.165) is 16.9 Å². The van der Waals surface area contributed by atoms with Gasteiger partial charge in [-0.1, -0.05) is 35.5 Å². The molecule has 1 heterocycles. The number of amides is 2. The lowest BCUT2D eigenvalue weighted by Crippen LogP contribution is -2.43. The molecule has 10 nitrogen and oxygen atoms in total. The predicted molar refractivity (Wildman–Crippen MR) is 119 cm³/mol. The molecule has 0 aliphatic heterocycles. The second kappa shape index (κ2) is 11.2. The van der Waals surface area contributed by atoms with Gasteiger partial charge in [0.05, 0.1) is 0 Å². The van der Waals surface area contributed by atoms with Crippen LogP contribution >= 0.6 is 11.3 Å². The van der Waals surface area contributed by atoms with Crippen LogP contribution in [0, 0.1) is 0 Å². The Kier molecular flexibility index (Phi) is 8.71. The van der Waals surface area contributed by atoms with E-state index in [0.29, 0.717) is 0 Å². The fourth-order valence-electron chi connectivity index (χ4n) is 2.27. The highest BCUT2D eigenvalue weighted by molar-refractivity contribution is 7.14. The van der Waals surface area contributed by atoms with E-state index in [1.54, 1.807) is 20.8 Å². The molecule has 0 aliphatic carbocycles. The summed E-state index contributed by atoms with van der Waals surface area (Å²) in [6.45, 7) is 6.73. The predicted octanol–water partition coefficient (Wildman–Crippen LogP) is 3.09. The lowest BCUT2D eigenvalue weighted by atomic mass is 10.2. The molecule has 172 valence electrons. The average Bonchev–Trinajstić information content (AvgIpc) is 3.17. The van der Waals surface area contributed by atoms with Crippen LogP contribution in [0.15, 0.2) is 40.9 Å². The number of alkyl carbamates (subject to hydrolysis) is 1. The van der Waals surface area contributed by atoms with E-state index >= 15 is 0 Å². The Morgan fingerprint density at radius 1 is 1.19 bits per heavy atom. The van der Waals surface area contributed by atoms with Gasteiger partial charge < -0.3 is 24.9 Å². The van der Waals surface area contributed by atoms with Gasteiger partial charge in [-0.3, -0.25) is 4.79 Å². The molecule has 2 aromatic rings. The normalized spacial score (nSPS) is 12.5. The number of thiazole rings is 1. The third-order valence-electron chi connectivity index (χ3n) is 3.69. The molecule has 0 saturated carbocycles. The molecule has 2 rings (SSSR count). The Hall–Kier alpha value is -3.47. The van der Waals surface area contributed by atoms with E-state index in [4.69, 9.17) is 14.3 Å². The number of esters is 1. The number of rotatable bonds is 8. The Balaban J connectivity index is 1.98. The van der Waals surface area contributed by atoms with Gasteiger partial charge in [0.15, 0.2) is 5.13 Å². The van der Waals surface area contributed by atoms with E-state index in [1.165, 1.54) is 19.4 Å². The quantitative estimate of drug-likeness (QED) is 0.350. The first-order valence-electron chi connectivity index (χ1n) is 9.67. The molecule has 32 heavy (non-hydrogen) atoms. The number of hydrogen-bond acceptors (Lipinski definition) is 9. The van der Waals surface area contributed by atoms with Crippen LogP contribution in [0.1, 0.15) is 39.0 Å². The standard InChI is InChI=1S/C21H26N4O6S/c1-13(22-20(28)31-21(2,3)4)17(26)24-19-23-15(12-32-19)16(25-29-5)18(27)30-11-14-9-7-6-8-10-14/h6-10,12-13H,11H2,1-5H3,(H,22,28)(H,23,24,26)/b25-16-/t13-/m0/s1. The Morgan fingerprint density at radius 3 is 2.50 bits per heavy atom. The number of ether oxygens (including phenoxy) is 2. The molecule has 0 spiro atoms. The first kappa shape index (κ1) is 24.8. The number of carbonyl (C=O) groups excluding carboxylic acids is 3. The molecule has 0 unspecified atom stereocenters. The summed E-state index contributed by atoms with van der Waals surface area (Å²) in [4.78, 5) is 45.6. The van der Waals surface area contributed by atoms with E-state index in [2.05, 4.69) is 20.8 Å². The van der Waals surface area contributed by atoms with Gasteiger partial charge in [-0.2, -0.15) is 0 Å². The summed E-state index contributed by atoms with van der Waals surface area (Å²) >= 11 is 1.08. The molecule has 2 amide bonds. The van der Waals surface area contributed by atoms with Crippen molar-refractivity contribution in [2.24, 2.45) is 5.16 Å². The Morgan fingerprint density at radius 2 is 1.88 bits per heavy atom. The maximum absolute atomic E-state index is 12.5. The Labute approximate surface area is 190 Å². The van der Waals surface area contributed by atoms with Crippen molar-refractivity contribution in [3.63, 3.8) is 0 Å². The number of benzene rings is 1. The van der Waals surface area contributed by atoms with Gasteiger partial charge in [0.1, 0.15) is 31.1 Å². The van der Waals surface area contributed by atoms with Crippen LogP contribution in [0.2, 0.25) is 0 Å². The number of oxime groups is 1. The second-order valence-corrected chi connectivity index (χ2v) is 8.44. The van der Waals surface area contributed by atoms with Gasteiger partial charge in [-0.25, -0.2) is 14.6 Å². The molecule has 0 fully saturated rings. The summed E-state index contributed by atoms with van der Waals surface area (Å²) in [5.41, 5.74) is 0.171. The largest absolute Gasteiger partial charge is 0.456 e. The first-order chi connectivity index (χ1) is 15.1. The summed E-state index contributed by atoms with van der Waals surface area (Å²) in [5, 5.41) is 10.5. The average molecular weight is 463 g/mol. The molecule has 1 aromatic carbocycles. The van der Waals surface area contributed by atoms with Crippen LogP contribution in [-0.4, -0.2) is 47.4 Å². The molecular formula is C21H26N4O6S. The molecule has 0 aliphatic rings. The summed E-state index contributed by atoms with van der Waals surface area (Å²) in [5.74, 6) is -1.23. The van der Waals surface area contributed by atoms with Crippen LogP contribution in [0.4, 0.5) is 9.93 Å². The zero-order chi connectivity index (χ0) is 23.7. The lowest BCUT2D eigenvalue weighted by Gasteiger charge is -2.21. The van der Waals surface area contributed by atoms with Crippen LogP contribution < -0.4 is 10.6 Å². The van der Waals surface area contributed by atoms with E-state index in [-0.39, 0.29) is 23.1 Å². The number of nitrogens with one attached hydrogen (secondary N) is 2. The van der Waals surface area contributed by atoms with Crippen molar-refractivity contribution in [2.45, 2.75) is 45.9 Å². The molecule has 0 radical (unpaired) electrons. The van der Waals surface area contributed by atoms with Gasteiger partial charge in [0.2, 0.25) is 11.6 Å². The molecule has 2 N–H and O–H groups in total. The third kappa shape index (κ3) is 7.99. The smallest absolute Gasteiger partial charge is 0.408 e. The molecule has 0 saturated heterocycles. The number of carbonyl (C=O) groups is 3. The SMILES string of the molecule is CO/N=C(\C(=O)OCc1ccccc1)c1csc(NC(=O)[C@H](C)NC(=O)OC(C)(C)C)n1. The van der Waals surface area contributed by atoms with Crippen molar-refractivity contribution in [2.75, 3.05) is 12.4 Å². The number of hydrogen-bond donors (Lipinski definition) is 2. The zero-order valence-electron chi connectivity index (χ0n) is 18.5. The highest BCUT2D eigenvalue weighted by Crippen LogP contribution is 2.17. The van der Waals surface area contributed by atoms with Crippen LogP contribution in [0.3, 0.4) is 0 Å². The van der Waals surface area contributed by atoms with E-state index < -0.39 is 29.6 Å². The van der Waals surface area contributed by atoms with Crippen LogP contribution in [-0.2, 0) is 30.5 Å². The lowest BCUT2D eigenvalue weighted by molar-refractivity contribution is -0.136. The zero-order valence-corrected chi connectivity index (χ0v) is 19.3. The maximum atomic E-state index is 12.5. The monoisotopic (exact) mass is 462 g/mol. The van der Waals surface area contributed by atoms with E-state index in [1.807, 2.05) is 30.3 Å². The van der Waals surface area contributed by atoms with E-state index in [9.17, 15) is 14.4 Å². The summed E-state index contributed by atoms with van der Waals surface area (Å²) < 4.78 is 10.4. The second-order valence-electron chi connectivity index (χ2n) is 7.58. The van der Waals surface area contributed by atoms with Crippen LogP contribution in [0.5, 0.6) is 0 Å². The topological polar surface area (TPSA) is 128 Å². The minimum absolute atomic E-state index is 0.0595. The molecule has 1 aromatic heterocycles. The van der Waals surface area contributed by atoms with Gasteiger partial charge >= 0.3 is 12.1 Å². The Bertz CT molecular complexity index is 968. The summed E-state index contributed by atoms with van der Waals surface area (Å²) in [6, 6.07) is 8.30. The van der Waals surface area contributed by atoms with Gasteiger partial charge in [0.25, 0.3) is 0 Å². The molecule has 11 heteroatoms. The highest BCUT2D eigenvalue weighted by atomic mass is 32.1. The van der Waals surface area contributed by atoms with Gasteiger partial charge in [-0.05, 0) is 33.3 Å². The minimum Gasteiger partial charge on any atom is -0.456 e. The number of nitrogens with zero attached hydrogens (tertiary/aromatic N) is 2. The van der Waals surface area contributed by atoms with Crippen molar-refractivity contribution in [1.29, 1.82) is 0 Å². The number of anilines is 1. The van der Waals surface area contributed by atoms with Crippen molar-refractivity contribution in [1.82, 2.24) is 10.3 Å². The summed E-state index contributed by atoms with van der Waals surface area (Å²) in [6.07, 6.45) is -0.712. The fraction of sp³-hybridized carbons (Fsp3) is 0.381. The third-order valence-corrected chi connectivity index (χ3v) is 4.45. The maximum Gasteiger partial charge on any atom is 0.408 e. The van der Waals surface area contributed by atoms with Crippen LogP contribution in [0.25, 0.3) is 0 Å². The molecule has 1 atom stereocenters. The van der Waals surface area contributed by atoms with Gasteiger partial charge in [-0.15, -0.1) is 11.3 Å². The van der Waals surface area contributed by atoms with Crippen molar-refractivity contribution < 1.29 is 28.7 Å². The van der Waals surface area contributed by atoms with Gasteiger partial charge in [0, 0.05) is 5.38 Å². The first-order valence-corrected chi connectivity index (χ1v) is 10.6. The summed E-state index contributed by atoms with van der Waals surface area (Å²) in [7, 11) is 1.30. The number of aromatic nitrogens is 1. The molecule has 0 bridgehead atoms. The fourth-order valence-corrected chi connectivity index (χ4v) is 2.97. The van der Waals surface area contributed by atoms with Crippen molar-refractivity contribution in [3.05, 3.63) is 47.0 Å². The van der Waals surface area contributed by atoms with Crippen molar-refractivity contribution in [3.8, 4) is 0 Å². The van der Waals surface area contributed by atoms with Crippen molar-refractivity contribution >= 4 is 40.1 Å². The molecular weight excluding hydrogens is 436 g/mol.